The molecule has 94 valence electrons. The highest BCUT2D eigenvalue weighted by Crippen LogP contribution is 2.32. The first-order valence-corrected chi connectivity index (χ1v) is 6.89. The molecule has 1 unspecified atom stereocenters. The Morgan fingerprint density at radius 1 is 1.18 bits per heavy atom. The van der Waals surface area contributed by atoms with Crippen LogP contribution < -0.4 is 5.32 Å². The molecule has 0 bridgehead atoms. The van der Waals surface area contributed by atoms with E-state index in [0.29, 0.717) is 6.04 Å². The van der Waals surface area contributed by atoms with E-state index >= 15 is 0 Å². The predicted octanol–water partition coefficient (Wildman–Crippen LogP) is 4.06. The van der Waals surface area contributed by atoms with Crippen LogP contribution in [0.15, 0.2) is 12.1 Å². The Morgan fingerprint density at radius 3 is 2.29 bits per heavy atom. The Bertz CT molecular complexity index is 368. The van der Waals surface area contributed by atoms with Crippen molar-refractivity contribution in [2.24, 2.45) is 5.92 Å². The fourth-order valence-electron chi connectivity index (χ4n) is 2.89. The van der Waals surface area contributed by atoms with E-state index in [0.717, 1.165) is 5.92 Å². The minimum atomic E-state index is 0.481. The molecule has 1 heteroatoms. The minimum absolute atomic E-state index is 0.481. The summed E-state index contributed by atoms with van der Waals surface area (Å²) in [5.74, 6) is 1.02. The third-order valence-electron chi connectivity index (χ3n) is 3.87. The van der Waals surface area contributed by atoms with Crippen molar-refractivity contribution in [3.05, 3.63) is 34.4 Å². The summed E-state index contributed by atoms with van der Waals surface area (Å²) in [6.45, 7) is 10.1. The molecular formula is C16H25N. The van der Waals surface area contributed by atoms with Gasteiger partial charge in [-0.05, 0) is 63.3 Å². The van der Waals surface area contributed by atoms with E-state index in [1.807, 2.05) is 0 Å². The van der Waals surface area contributed by atoms with Crippen molar-refractivity contribution in [2.45, 2.75) is 53.0 Å². The predicted molar refractivity (Wildman–Crippen MR) is 74.4 cm³/mol. The maximum absolute atomic E-state index is 3.67. The number of hydrogen-bond acceptors (Lipinski definition) is 1. The van der Waals surface area contributed by atoms with E-state index in [1.54, 1.807) is 0 Å². The Hall–Kier alpha value is -0.820. The second-order valence-electron chi connectivity index (χ2n) is 5.72. The van der Waals surface area contributed by atoms with Crippen molar-refractivity contribution in [1.82, 2.24) is 5.32 Å². The zero-order valence-corrected chi connectivity index (χ0v) is 11.6. The maximum atomic E-state index is 3.67. The third kappa shape index (κ3) is 3.32. The highest BCUT2D eigenvalue weighted by molar-refractivity contribution is 5.39. The molecule has 0 aliphatic heterocycles. The van der Waals surface area contributed by atoms with Crippen LogP contribution in [-0.4, -0.2) is 6.54 Å². The monoisotopic (exact) mass is 231 g/mol. The van der Waals surface area contributed by atoms with Crippen molar-refractivity contribution in [2.75, 3.05) is 6.54 Å². The van der Waals surface area contributed by atoms with Gasteiger partial charge in [0.05, 0.1) is 0 Å². The lowest BCUT2D eigenvalue weighted by atomic mass is 9.95. The number of benzene rings is 1. The molecule has 0 spiro atoms. The Labute approximate surface area is 106 Å². The van der Waals surface area contributed by atoms with Crippen LogP contribution in [0.25, 0.3) is 0 Å². The molecule has 0 saturated heterocycles. The molecule has 1 aromatic carbocycles. The van der Waals surface area contributed by atoms with Gasteiger partial charge in [-0.2, -0.15) is 0 Å². The van der Waals surface area contributed by atoms with Crippen LogP contribution >= 0.6 is 0 Å². The van der Waals surface area contributed by atoms with Crippen molar-refractivity contribution >= 4 is 0 Å². The molecule has 1 fully saturated rings. The van der Waals surface area contributed by atoms with Gasteiger partial charge in [-0.1, -0.05) is 30.5 Å². The van der Waals surface area contributed by atoms with Gasteiger partial charge in [-0.25, -0.2) is 0 Å². The summed E-state index contributed by atoms with van der Waals surface area (Å²) in [5.41, 5.74) is 5.71. The first-order valence-electron chi connectivity index (χ1n) is 6.89. The molecule has 1 aliphatic carbocycles. The van der Waals surface area contributed by atoms with Crippen LogP contribution in [0, 0.1) is 26.7 Å². The summed E-state index contributed by atoms with van der Waals surface area (Å²) in [4.78, 5) is 0. The Morgan fingerprint density at radius 2 is 1.76 bits per heavy atom. The highest BCUT2D eigenvalue weighted by atomic mass is 14.9. The van der Waals surface area contributed by atoms with E-state index in [4.69, 9.17) is 0 Å². The summed E-state index contributed by atoms with van der Waals surface area (Å²) in [5, 5.41) is 3.67. The van der Waals surface area contributed by atoms with Gasteiger partial charge >= 0.3 is 0 Å². The van der Waals surface area contributed by atoms with E-state index in [-0.39, 0.29) is 0 Å². The average molecular weight is 231 g/mol. The summed E-state index contributed by atoms with van der Waals surface area (Å²) >= 11 is 0. The van der Waals surface area contributed by atoms with Gasteiger partial charge in [0.15, 0.2) is 0 Å². The van der Waals surface area contributed by atoms with Crippen molar-refractivity contribution in [3.8, 4) is 0 Å². The first-order chi connectivity index (χ1) is 8.08. The topological polar surface area (TPSA) is 12.0 Å². The van der Waals surface area contributed by atoms with Crippen LogP contribution in [0.3, 0.4) is 0 Å². The van der Waals surface area contributed by atoms with Crippen LogP contribution in [0.1, 0.15) is 54.5 Å². The molecule has 0 heterocycles. The number of hydrogen-bond donors (Lipinski definition) is 1. The Balaban J connectivity index is 1.99. The van der Waals surface area contributed by atoms with Crippen molar-refractivity contribution in [3.63, 3.8) is 0 Å². The van der Waals surface area contributed by atoms with E-state index in [1.165, 1.54) is 48.1 Å². The van der Waals surface area contributed by atoms with E-state index in [9.17, 15) is 0 Å². The minimum Gasteiger partial charge on any atom is -0.310 e. The summed E-state index contributed by atoms with van der Waals surface area (Å²) in [6.07, 6.45) is 4.27. The number of rotatable bonds is 5. The normalized spacial score (nSPS) is 17.2. The molecule has 1 aromatic rings. The molecule has 1 nitrogen and oxygen atoms in total. The largest absolute Gasteiger partial charge is 0.310 e. The lowest BCUT2D eigenvalue weighted by molar-refractivity contribution is 0.536. The standard InChI is InChI=1S/C16H25N/c1-11-9-12(2)16(13(3)10-11)14(4)17-8-7-15-5-6-15/h9-10,14-15,17H,5-8H2,1-4H3. The van der Waals surface area contributed by atoms with Crippen molar-refractivity contribution in [1.29, 1.82) is 0 Å². The Kier molecular flexibility index (Phi) is 3.88. The summed E-state index contributed by atoms with van der Waals surface area (Å²) in [6, 6.07) is 5.07. The van der Waals surface area contributed by atoms with E-state index < -0.39 is 0 Å². The fourth-order valence-corrected chi connectivity index (χ4v) is 2.89. The first kappa shape index (κ1) is 12.6. The lowest BCUT2D eigenvalue weighted by Crippen LogP contribution is -2.21. The van der Waals surface area contributed by atoms with Crippen LogP contribution in [0.5, 0.6) is 0 Å². The van der Waals surface area contributed by atoms with Gasteiger partial charge in [0, 0.05) is 6.04 Å². The van der Waals surface area contributed by atoms with Crippen molar-refractivity contribution < 1.29 is 0 Å². The van der Waals surface area contributed by atoms with Gasteiger partial charge in [-0.15, -0.1) is 0 Å². The van der Waals surface area contributed by atoms with Gasteiger partial charge in [0.25, 0.3) is 0 Å². The molecular weight excluding hydrogens is 206 g/mol. The molecule has 2 rings (SSSR count). The number of nitrogens with one attached hydrogen (secondary N) is 1. The van der Waals surface area contributed by atoms with Gasteiger partial charge in [-0.3, -0.25) is 0 Å². The summed E-state index contributed by atoms with van der Waals surface area (Å²) < 4.78 is 0. The van der Waals surface area contributed by atoms with E-state index in [2.05, 4.69) is 45.1 Å². The molecule has 17 heavy (non-hydrogen) atoms. The van der Waals surface area contributed by atoms with Gasteiger partial charge in [0.2, 0.25) is 0 Å². The van der Waals surface area contributed by atoms with Crippen LogP contribution in [-0.2, 0) is 0 Å². The van der Waals surface area contributed by atoms with Gasteiger partial charge in [0.1, 0.15) is 0 Å². The molecule has 0 aromatic heterocycles. The smallest absolute Gasteiger partial charge is 0.0297 e. The maximum Gasteiger partial charge on any atom is 0.0297 e. The second-order valence-corrected chi connectivity index (χ2v) is 5.72. The third-order valence-corrected chi connectivity index (χ3v) is 3.87. The van der Waals surface area contributed by atoms with Gasteiger partial charge < -0.3 is 5.32 Å². The average Bonchev–Trinajstić information content (AvgIpc) is 2.99. The molecule has 1 N–H and O–H groups in total. The SMILES string of the molecule is Cc1cc(C)c(C(C)NCCC2CC2)c(C)c1. The summed E-state index contributed by atoms with van der Waals surface area (Å²) in [7, 11) is 0. The second kappa shape index (κ2) is 5.22. The number of aryl methyl sites for hydroxylation is 3. The molecule has 1 atom stereocenters. The zero-order chi connectivity index (χ0) is 12.4. The highest BCUT2D eigenvalue weighted by Gasteiger charge is 2.20. The zero-order valence-electron chi connectivity index (χ0n) is 11.6. The molecule has 0 radical (unpaired) electrons. The fraction of sp³-hybridized carbons (Fsp3) is 0.625. The molecule has 0 amide bonds. The van der Waals surface area contributed by atoms with Crippen LogP contribution in [0.2, 0.25) is 0 Å². The van der Waals surface area contributed by atoms with Crippen LogP contribution in [0.4, 0.5) is 0 Å². The quantitative estimate of drug-likeness (QED) is 0.805. The molecule has 1 saturated carbocycles. The molecule has 1 aliphatic rings. The lowest BCUT2D eigenvalue weighted by Gasteiger charge is -2.20.